The molecule has 2 heterocycles. The van der Waals surface area contributed by atoms with Crippen molar-refractivity contribution in [1.29, 1.82) is 0 Å². The Balaban J connectivity index is 1.68. The van der Waals surface area contributed by atoms with Crippen LogP contribution in [0.4, 0.5) is 16.5 Å². The number of anilines is 3. The van der Waals surface area contributed by atoms with Crippen molar-refractivity contribution in [3.05, 3.63) is 67.0 Å². The van der Waals surface area contributed by atoms with E-state index < -0.39 is 9.84 Å². The van der Waals surface area contributed by atoms with Gasteiger partial charge in [-0.05, 0) is 42.0 Å². The molecule has 0 aliphatic carbocycles. The highest BCUT2D eigenvalue weighted by atomic mass is 32.2. The van der Waals surface area contributed by atoms with Gasteiger partial charge in [0.15, 0.2) is 15.0 Å². The van der Waals surface area contributed by atoms with E-state index in [4.69, 9.17) is 5.73 Å². The second-order valence-corrected chi connectivity index (χ2v) is 10.1. The first kappa shape index (κ1) is 19.4. The van der Waals surface area contributed by atoms with Gasteiger partial charge in [0, 0.05) is 29.9 Å². The molecule has 3 aromatic carbocycles. The maximum atomic E-state index is 12.2. The van der Waals surface area contributed by atoms with E-state index in [1.807, 2.05) is 30.3 Å². The van der Waals surface area contributed by atoms with Crippen molar-refractivity contribution in [2.24, 2.45) is 0 Å². The molecule has 31 heavy (non-hydrogen) atoms. The second kappa shape index (κ2) is 7.29. The molecule has 0 amide bonds. The summed E-state index contributed by atoms with van der Waals surface area (Å²) in [5.74, 6) is 0. The number of fused-ring (bicyclic) bond motifs is 2. The Labute approximate surface area is 182 Å². The Morgan fingerprint density at radius 1 is 0.968 bits per heavy atom. The number of benzene rings is 3. The fraction of sp³-hybridized carbons (Fsp3) is 0.0455. The van der Waals surface area contributed by atoms with Crippen molar-refractivity contribution in [1.82, 2.24) is 15.0 Å². The molecular weight excluding hydrogens is 430 g/mol. The predicted octanol–water partition coefficient (Wildman–Crippen LogP) is 4.64. The summed E-state index contributed by atoms with van der Waals surface area (Å²) in [6, 6.07) is 16.6. The van der Waals surface area contributed by atoms with Crippen molar-refractivity contribution in [2.45, 2.75) is 4.90 Å². The van der Waals surface area contributed by atoms with Gasteiger partial charge in [-0.25, -0.2) is 13.4 Å². The molecule has 154 valence electrons. The van der Waals surface area contributed by atoms with Gasteiger partial charge in [0.1, 0.15) is 0 Å². The minimum absolute atomic E-state index is 0.232. The maximum absolute atomic E-state index is 12.2. The van der Waals surface area contributed by atoms with Gasteiger partial charge in [-0.2, -0.15) is 0 Å². The number of thiazole rings is 1. The van der Waals surface area contributed by atoms with E-state index in [-0.39, 0.29) is 4.90 Å². The first-order chi connectivity index (χ1) is 14.9. The summed E-state index contributed by atoms with van der Waals surface area (Å²) in [7, 11) is -3.39. The van der Waals surface area contributed by atoms with Crippen LogP contribution in [0.2, 0.25) is 0 Å². The van der Waals surface area contributed by atoms with Crippen molar-refractivity contribution < 1.29 is 8.42 Å². The average molecular weight is 448 g/mol. The van der Waals surface area contributed by atoms with Gasteiger partial charge >= 0.3 is 0 Å². The highest BCUT2D eigenvalue weighted by molar-refractivity contribution is 7.90. The molecule has 0 aliphatic rings. The van der Waals surface area contributed by atoms with Crippen molar-refractivity contribution in [2.75, 3.05) is 17.3 Å². The first-order valence-electron chi connectivity index (χ1n) is 9.36. The molecule has 0 saturated carbocycles. The Morgan fingerprint density at radius 3 is 2.61 bits per heavy atom. The van der Waals surface area contributed by atoms with E-state index in [1.165, 1.54) is 17.6 Å². The number of aromatic nitrogens is 3. The Kier molecular flexibility index (Phi) is 4.57. The number of nitrogens with one attached hydrogen (secondary N) is 1. The van der Waals surface area contributed by atoms with E-state index in [0.29, 0.717) is 22.0 Å². The summed E-state index contributed by atoms with van der Waals surface area (Å²) in [4.78, 5) is 13.6. The summed E-state index contributed by atoms with van der Waals surface area (Å²) in [5, 5.41) is 3.76. The fourth-order valence-corrected chi connectivity index (χ4v) is 5.09. The lowest BCUT2D eigenvalue weighted by molar-refractivity contribution is 0.602. The minimum atomic E-state index is -3.39. The molecule has 7 nitrogen and oxygen atoms in total. The summed E-state index contributed by atoms with van der Waals surface area (Å²) < 4.78 is 25.4. The molecule has 0 fully saturated rings. The van der Waals surface area contributed by atoms with Crippen LogP contribution in [0, 0.1) is 0 Å². The molecule has 0 aliphatic heterocycles. The Hall–Kier alpha value is -3.56. The van der Waals surface area contributed by atoms with Crippen LogP contribution in [0.25, 0.3) is 32.4 Å². The lowest BCUT2D eigenvalue weighted by Crippen LogP contribution is -2.03. The quantitative estimate of drug-likeness (QED) is 0.413. The lowest BCUT2D eigenvalue weighted by Gasteiger charge is -2.14. The summed E-state index contributed by atoms with van der Waals surface area (Å²) in [6.07, 6.45) is 4.47. The fourth-order valence-electron chi connectivity index (χ4n) is 3.53. The van der Waals surface area contributed by atoms with E-state index in [0.717, 1.165) is 26.9 Å². The third-order valence-corrected chi connectivity index (χ3v) is 6.87. The third kappa shape index (κ3) is 3.69. The van der Waals surface area contributed by atoms with E-state index in [1.54, 1.807) is 36.7 Å². The van der Waals surface area contributed by atoms with Crippen LogP contribution in [0.15, 0.2) is 71.9 Å². The van der Waals surface area contributed by atoms with E-state index in [2.05, 4.69) is 20.3 Å². The van der Waals surface area contributed by atoms with Crippen molar-refractivity contribution >= 4 is 58.9 Å². The monoisotopic (exact) mass is 447 g/mol. The van der Waals surface area contributed by atoms with Gasteiger partial charge in [-0.3, -0.25) is 9.97 Å². The van der Waals surface area contributed by atoms with Gasteiger partial charge in [-0.1, -0.05) is 29.5 Å². The number of para-hydroxylation sites is 1. The van der Waals surface area contributed by atoms with Crippen LogP contribution in [0.3, 0.4) is 0 Å². The van der Waals surface area contributed by atoms with E-state index >= 15 is 0 Å². The number of nitrogens with zero attached hydrogens (tertiary/aromatic N) is 3. The van der Waals surface area contributed by atoms with Crippen LogP contribution in [-0.4, -0.2) is 29.6 Å². The minimum Gasteiger partial charge on any atom is -0.375 e. The lowest BCUT2D eigenvalue weighted by atomic mass is 10.0. The Bertz CT molecular complexity index is 1560. The molecule has 0 unspecified atom stereocenters. The molecule has 0 bridgehead atoms. The SMILES string of the molecule is CS(=O)(=O)c1ccccc1Nc1cc(-c2ccc3sc(N)nc3c2)c2nccnc2c1. The van der Waals surface area contributed by atoms with Crippen LogP contribution >= 0.6 is 11.3 Å². The van der Waals surface area contributed by atoms with Crippen molar-refractivity contribution in [3.63, 3.8) is 0 Å². The maximum Gasteiger partial charge on any atom is 0.181 e. The highest BCUT2D eigenvalue weighted by Crippen LogP contribution is 2.35. The molecule has 0 radical (unpaired) electrons. The van der Waals surface area contributed by atoms with Crippen LogP contribution in [0.5, 0.6) is 0 Å². The number of hydrogen-bond donors (Lipinski definition) is 2. The van der Waals surface area contributed by atoms with Crippen LogP contribution in [0.1, 0.15) is 0 Å². The molecule has 3 N–H and O–H groups in total. The average Bonchev–Trinajstić information content (AvgIpc) is 3.12. The molecule has 0 atom stereocenters. The number of rotatable bonds is 4. The molecule has 2 aromatic heterocycles. The number of nitrogens with two attached hydrogens (primary N) is 1. The van der Waals surface area contributed by atoms with Crippen molar-refractivity contribution in [3.8, 4) is 11.1 Å². The molecule has 0 saturated heterocycles. The highest BCUT2D eigenvalue weighted by Gasteiger charge is 2.15. The zero-order chi connectivity index (χ0) is 21.6. The summed E-state index contributed by atoms with van der Waals surface area (Å²) >= 11 is 1.44. The molecule has 0 spiro atoms. The summed E-state index contributed by atoms with van der Waals surface area (Å²) in [6.45, 7) is 0. The largest absolute Gasteiger partial charge is 0.375 e. The normalized spacial score (nSPS) is 11.8. The number of hydrogen-bond acceptors (Lipinski definition) is 8. The topological polar surface area (TPSA) is 111 Å². The Morgan fingerprint density at radius 2 is 1.77 bits per heavy atom. The van der Waals surface area contributed by atoms with Gasteiger partial charge in [0.2, 0.25) is 0 Å². The van der Waals surface area contributed by atoms with Gasteiger partial charge < -0.3 is 11.1 Å². The zero-order valence-electron chi connectivity index (χ0n) is 16.4. The third-order valence-electron chi connectivity index (χ3n) is 4.85. The van der Waals surface area contributed by atoms with Crippen LogP contribution < -0.4 is 11.1 Å². The molecule has 9 heteroatoms. The van der Waals surface area contributed by atoms with Crippen LogP contribution in [-0.2, 0) is 9.84 Å². The molecule has 5 rings (SSSR count). The smallest absolute Gasteiger partial charge is 0.181 e. The number of nitrogen functional groups attached to an aromatic ring is 1. The van der Waals surface area contributed by atoms with Gasteiger partial charge in [-0.15, -0.1) is 0 Å². The van der Waals surface area contributed by atoms with Gasteiger partial charge in [0.25, 0.3) is 0 Å². The predicted molar refractivity (Wildman–Crippen MR) is 125 cm³/mol. The molecule has 5 aromatic rings. The second-order valence-electron chi connectivity index (χ2n) is 7.08. The standard InChI is InChI=1S/C22H17N5O2S2/c1-31(28,29)20-5-3-2-4-16(20)26-14-11-15(21-18(12-14)24-8-9-25-21)13-6-7-19-17(10-13)27-22(23)30-19/h2-12,26H,1H3,(H2,23,27). The zero-order valence-corrected chi connectivity index (χ0v) is 18.0. The summed E-state index contributed by atoms with van der Waals surface area (Å²) in [5.41, 5.74) is 11.1. The molecular formula is C22H17N5O2S2. The van der Waals surface area contributed by atoms with Gasteiger partial charge in [0.05, 0.1) is 31.8 Å². The number of sulfone groups is 1. The first-order valence-corrected chi connectivity index (χ1v) is 12.1. The van der Waals surface area contributed by atoms with E-state index in [9.17, 15) is 8.42 Å².